The van der Waals surface area contributed by atoms with Gasteiger partial charge in [0.25, 0.3) is 0 Å². The average molecular weight is 316 g/mol. The van der Waals surface area contributed by atoms with Crippen molar-refractivity contribution in [2.24, 2.45) is 0 Å². The highest BCUT2D eigenvalue weighted by Gasteiger charge is 2.22. The van der Waals surface area contributed by atoms with Gasteiger partial charge in [-0.1, -0.05) is 19.3 Å². The number of hydrogen-bond donors (Lipinski definition) is 1. The molecule has 22 heavy (non-hydrogen) atoms. The van der Waals surface area contributed by atoms with Crippen LogP contribution >= 0.6 is 0 Å². The SMILES string of the molecule is O=C1CCCCCCCC(C(=O)O)OC(=O)CCC(=O)OO1. The Morgan fingerprint density at radius 1 is 0.818 bits per heavy atom. The molecule has 8 nitrogen and oxygen atoms in total. The second kappa shape index (κ2) is 9.75. The van der Waals surface area contributed by atoms with Crippen molar-refractivity contribution in [3.63, 3.8) is 0 Å². The Balaban J connectivity index is 2.54. The average Bonchev–Trinajstić information content (AvgIpc) is 2.47. The van der Waals surface area contributed by atoms with Gasteiger partial charge in [0, 0.05) is 0 Å². The first kappa shape index (κ1) is 17.9. The van der Waals surface area contributed by atoms with Gasteiger partial charge in [-0.05, 0) is 19.3 Å². The summed E-state index contributed by atoms with van der Waals surface area (Å²) in [5.74, 6) is -3.52. The summed E-state index contributed by atoms with van der Waals surface area (Å²) in [7, 11) is 0. The third-order valence-electron chi connectivity index (χ3n) is 3.16. The molecule has 1 atom stereocenters. The van der Waals surface area contributed by atoms with E-state index in [9.17, 15) is 19.2 Å². The maximum absolute atomic E-state index is 11.5. The number of carboxylic acid groups (broad SMARTS) is 1. The van der Waals surface area contributed by atoms with Gasteiger partial charge in [-0.25, -0.2) is 24.2 Å². The normalized spacial score (nSPS) is 23.1. The molecule has 1 fully saturated rings. The Hall–Kier alpha value is -2.12. The van der Waals surface area contributed by atoms with Crippen LogP contribution in [-0.4, -0.2) is 35.1 Å². The van der Waals surface area contributed by atoms with Crippen LogP contribution in [0.5, 0.6) is 0 Å². The fourth-order valence-corrected chi connectivity index (χ4v) is 1.96. The van der Waals surface area contributed by atoms with Gasteiger partial charge in [-0.2, -0.15) is 0 Å². The van der Waals surface area contributed by atoms with Crippen LogP contribution < -0.4 is 0 Å². The Kier molecular flexibility index (Phi) is 7.95. The zero-order valence-corrected chi connectivity index (χ0v) is 12.2. The Morgan fingerprint density at radius 3 is 2.05 bits per heavy atom. The highest BCUT2D eigenvalue weighted by Crippen LogP contribution is 2.13. The van der Waals surface area contributed by atoms with Crippen LogP contribution in [0.3, 0.4) is 0 Å². The molecule has 1 aliphatic heterocycles. The van der Waals surface area contributed by atoms with E-state index in [-0.39, 0.29) is 25.7 Å². The van der Waals surface area contributed by atoms with E-state index in [1.54, 1.807) is 0 Å². The van der Waals surface area contributed by atoms with Crippen molar-refractivity contribution in [2.75, 3.05) is 0 Å². The third kappa shape index (κ3) is 7.61. The first-order valence-corrected chi connectivity index (χ1v) is 7.31. The summed E-state index contributed by atoms with van der Waals surface area (Å²) < 4.78 is 4.83. The van der Waals surface area contributed by atoms with Crippen molar-refractivity contribution in [3.05, 3.63) is 0 Å². The number of rotatable bonds is 1. The van der Waals surface area contributed by atoms with E-state index in [1.165, 1.54) is 0 Å². The second-order valence-electron chi connectivity index (χ2n) is 5.03. The lowest BCUT2D eigenvalue weighted by atomic mass is 10.1. The number of carbonyl (C=O) groups excluding carboxylic acids is 3. The number of esters is 1. The van der Waals surface area contributed by atoms with Crippen LogP contribution in [0, 0.1) is 0 Å². The van der Waals surface area contributed by atoms with Gasteiger partial charge in [0.15, 0.2) is 6.10 Å². The predicted molar refractivity (Wildman–Crippen MR) is 71.3 cm³/mol. The van der Waals surface area contributed by atoms with E-state index in [2.05, 4.69) is 9.78 Å². The van der Waals surface area contributed by atoms with E-state index in [0.29, 0.717) is 12.8 Å². The second-order valence-corrected chi connectivity index (χ2v) is 5.03. The number of carbonyl (C=O) groups is 4. The number of carboxylic acids is 1. The van der Waals surface area contributed by atoms with Crippen LogP contribution in [0.1, 0.15) is 57.8 Å². The van der Waals surface area contributed by atoms with Gasteiger partial charge in [0.1, 0.15) is 0 Å². The molecule has 0 aromatic heterocycles. The van der Waals surface area contributed by atoms with E-state index in [1.807, 2.05) is 0 Å². The Bertz CT molecular complexity index is 417. The molecule has 1 rings (SSSR count). The molecule has 0 aliphatic carbocycles. The maximum Gasteiger partial charge on any atom is 0.356 e. The van der Waals surface area contributed by atoms with Crippen LogP contribution in [-0.2, 0) is 33.7 Å². The van der Waals surface area contributed by atoms with Crippen LogP contribution in [0.25, 0.3) is 0 Å². The number of hydrogen-bond acceptors (Lipinski definition) is 7. The van der Waals surface area contributed by atoms with Gasteiger partial charge in [-0.3, -0.25) is 4.79 Å². The van der Waals surface area contributed by atoms with Crippen molar-refractivity contribution in [2.45, 2.75) is 63.9 Å². The van der Waals surface area contributed by atoms with E-state index >= 15 is 0 Å². The molecule has 1 saturated heterocycles. The van der Waals surface area contributed by atoms with Crippen molar-refractivity contribution in [1.29, 1.82) is 0 Å². The quantitative estimate of drug-likeness (QED) is 0.571. The van der Waals surface area contributed by atoms with Crippen LogP contribution in [0.4, 0.5) is 0 Å². The lowest BCUT2D eigenvalue weighted by molar-refractivity contribution is -0.259. The van der Waals surface area contributed by atoms with Gasteiger partial charge in [0.05, 0.1) is 19.3 Å². The summed E-state index contributed by atoms with van der Waals surface area (Å²) in [6.45, 7) is 0. The molecule has 0 spiro atoms. The molecule has 0 saturated carbocycles. The molecular weight excluding hydrogens is 296 g/mol. The molecule has 1 N–H and O–H groups in total. The summed E-state index contributed by atoms with van der Waals surface area (Å²) in [5, 5.41) is 9.00. The number of aliphatic carboxylic acids is 1. The highest BCUT2D eigenvalue weighted by atomic mass is 17.2. The largest absolute Gasteiger partial charge is 0.479 e. The summed E-state index contributed by atoms with van der Waals surface area (Å²) in [6, 6.07) is 0. The molecule has 0 radical (unpaired) electrons. The fourth-order valence-electron chi connectivity index (χ4n) is 1.96. The summed E-state index contributed by atoms with van der Waals surface area (Å²) in [5.41, 5.74) is 0. The number of cyclic esters (lactones) is 1. The minimum absolute atomic E-state index is 0.146. The first-order valence-electron chi connectivity index (χ1n) is 7.31. The van der Waals surface area contributed by atoms with Crippen molar-refractivity contribution < 1.29 is 38.8 Å². The van der Waals surface area contributed by atoms with Crippen molar-refractivity contribution >= 4 is 23.9 Å². The molecule has 8 heteroatoms. The lowest BCUT2D eigenvalue weighted by Gasteiger charge is -2.13. The van der Waals surface area contributed by atoms with Gasteiger partial charge in [0.2, 0.25) is 0 Å². The standard InChI is InChI=1S/C14H20O8/c15-11-8-9-13(17)22-21-12(16)7-5-3-1-2-4-6-10(20-11)14(18)19/h10H,1-9H2,(H,18,19). The predicted octanol–water partition coefficient (Wildman–Crippen LogP) is 1.51. The van der Waals surface area contributed by atoms with Gasteiger partial charge in [-0.15, -0.1) is 0 Å². The summed E-state index contributed by atoms with van der Waals surface area (Å²) >= 11 is 0. The Labute approximate surface area is 127 Å². The molecule has 0 aromatic carbocycles. The molecule has 1 heterocycles. The van der Waals surface area contributed by atoms with Crippen LogP contribution in [0.2, 0.25) is 0 Å². The Morgan fingerprint density at radius 2 is 1.36 bits per heavy atom. The zero-order valence-electron chi connectivity index (χ0n) is 12.2. The highest BCUT2D eigenvalue weighted by molar-refractivity contribution is 5.81. The molecule has 124 valence electrons. The molecule has 1 unspecified atom stereocenters. The van der Waals surface area contributed by atoms with Gasteiger partial charge >= 0.3 is 23.9 Å². The molecule has 0 aromatic rings. The van der Waals surface area contributed by atoms with E-state index in [4.69, 9.17) is 9.84 Å². The maximum atomic E-state index is 11.5. The third-order valence-corrected chi connectivity index (χ3v) is 3.16. The molecule has 1 aliphatic rings. The molecule has 0 bridgehead atoms. The molecular formula is C14H20O8. The minimum atomic E-state index is -1.20. The summed E-state index contributed by atoms with van der Waals surface area (Å²) in [4.78, 5) is 53.6. The topological polar surface area (TPSA) is 116 Å². The smallest absolute Gasteiger partial charge is 0.356 e. The van der Waals surface area contributed by atoms with E-state index in [0.717, 1.165) is 19.3 Å². The van der Waals surface area contributed by atoms with Crippen molar-refractivity contribution in [3.8, 4) is 0 Å². The van der Waals surface area contributed by atoms with Crippen molar-refractivity contribution in [1.82, 2.24) is 0 Å². The summed E-state index contributed by atoms with van der Waals surface area (Å²) in [6.07, 6.45) is 2.09. The minimum Gasteiger partial charge on any atom is -0.479 e. The number of ether oxygens (including phenoxy) is 1. The fraction of sp³-hybridized carbons (Fsp3) is 0.714. The zero-order chi connectivity index (χ0) is 16.4. The van der Waals surface area contributed by atoms with Gasteiger partial charge < -0.3 is 9.84 Å². The first-order chi connectivity index (χ1) is 10.5. The lowest BCUT2D eigenvalue weighted by Crippen LogP contribution is -2.27. The monoisotopic (exact) mass is 316 g/mol. The van der Waals surface area contributed by atoms with Crippen LogP contribution in [0.15, 0.2) is 0 Å². The van der Waals surface area contributed by atoms with E-state index < -0.39 is 30.0 Å². The molecule has 0 amide bonds.